The zero-order valence-electron chi connectivity index (χ0n) is 7.86. The van der Waals surface area contributed by atoms with Crippen molar-refractivity contribution in [1.29, 1.82) is 0 Å². The molecule has 1 aliphatic carbocycles. The molecule has 0 aromatic carbocycles. The zero-order valence-corrected chi connectivity index (χ0v) is 8.68. The molecule has 0 atom stereocenters. The summed E-state index contributed by atoms with van der Waals surface area (Å²) in [5.74, 6) is 0.824. The Labute approximate surface area is 88.7 Å². The molecule has 3 nitrogen and oxygen atoms in total. The molecular formula is C10H13N3S. The van der Waals surface area contributed by atoms with E-state index >= 15 is 0 Å². The van der Waals surface area contributed by atoms with E-state index in [2.05, 4.69) is 10.3 Å². The second-order valence-electron chi connectivity index (χ2n) is 3.54. The molecule has 1 aromatic rings. The van der Waals surface area contributed by atoms with E-state index in [0.717, 1.165) is 11.4 Å². The van der Waals surface area contributed by atoms with Gasteiger partial charge in [-0.2, -0.15) is 0 Å². The maximum absolute atomic E-state index is 5.60. The standard InChI is InChI=1S/C10H13N3S/c11-9(14)8-5-2-6-12-10(8)13-7-3-1-4-7/h2,5-7H,1,3-4H2,(H2,11,14)(H,12,13). The minimum absolute atomic E-state index is 0.403. The molecule has 0 amide bonds. The van der Waals surface area contributed by atoms with Gasteiger partial charge in [0.2, 0.25) is 0 Å². The van der Waals surface area contributed by atoms with Crippen LogP contribution in [0.5, 0.6) is 0 Å². The Hall–Kier alpha value is -1.16. The van der Waals surface area contributed by atoms with Crippen LogP contribution in [0.2, 0.25) is 0 Å². The number of nitrogens with two attached hydrogens (primary N) is 1. The number of hydrogen-bond acceptors (Lipinski definition) is 3. The number of pyridine rings is 1. The minimum Gasteiger partial charge on any atom is -0.389 e. The highest BCUT2D eigenvalue weighted by Gasteiger charge is 2.18. The molecule has 0 radical (unpaired) electrons. The number of aromatic nitrogens is 1. The lowest BCUT2D eigenvalue weighted by molar-refractivity contribution is 0.444. The second kappa shape index (κ2) is 3.92. The third-order valence-corrected chi connectivity index (χ3v) is 2.74. The van der Waals surface area contributed by atoms with Crippen molar-refractivity contribution in [2.24, 2.45) is 5.73 Å². The highest BCUT2D eigenvalue weighted by Crippen LogP contribution is 2.23. The Morgan fingerprint density at radius 3 is 2.93 bits per heavy atom. The minimum atomic E-state index is 0.403. The van der Waals surface area contributed by atoms with Gasteiger partial charge in [0.25, 0.3) is 0 Å². The van der Waals surface area contributed by atoms with Crippen LogP contribution in [0, 0.1) is 0 Å². The molecule has 1 fully saturated rings. The lowest BCUT2D eigenvalue weighted by Crippen LogP contribution is -2.29. The van der Waals surface area contributed by atoms with Crippen LogP contribution in [0.15, 0.2) is 18.3 Å². The summed E-state index contributed by atoms with van der Waals surface area (Å²) in [6.45, 7) is 0. The quantitative estimate of drug-likeness (QED) is 0.740. The van der Waals surface area contributed by atoms with Crippen molar-refractivity contribution < 1.29 is 0 Å². The molecule has 1 saturated carbocycles. The van der Waals surface area contributed by atoms with Gasteiger partial charge in [-0.05, 0) is 31.4 Å². The molecule has 1 heterocycles. The summed E-state index contributed by atoms with van der Waals surface area (Å²) in [4.78, 5) is 4.65. The van der Waals surface area contributed by atoms with E-state index in [1.165, 1.54) is 19.3 Å². The Morgan fingerprint density at radius 2 is 2.36 bits per heavy atom. The van der Waals surface area contributed by atoms with Crippen LogP contribution < -0.4 is 11.1 Å². The van der Waals surface area contributed by atoms with Crippen molar-refractivity contribution in [3.63, 3.8) is 0 Å². The summed E-state index contributed by atoms with van der Waals surface area (Å²) in [5.41, 5.74) is 6.44. The molecule has 3 N–H and O–H groups in total. The van der Waals surface area contributed by atoms with Crippen molar-refractivity contribution in [3.8, 4) is 0 Å². The highest BCUT2D eigenvalue weighted by atomic mass is 32.1. The van der Waals surface area contributed by atoms with Gasteiger partial charge in [0.05, 0.1) is 5.56 Å². The van der Waals surface area contributed by atoms with E-state index in [1.54, 1.807) is 6.20 Å². The topological polar surface area (TPSA) is 50.9 Å². The highest BCUT2D eigenvalue weighted by molar-refractivity contribution is 7.80. The smallest absolute Gasteiger partial charge is 0.136 e. The zero-order chi connectivity index (χ0) is 9.97. The van der Waals surface area contributed by atoms with Crippen molar-refractivity contribution in [2.75, 3.05) is 5.32 Å². The van der Waals surface area contributed by atoms with Crippen LogP contribution in [-0.2, 0) is 0 Å². The normalized spacial score (nSPS) is 16.0. The van der Waals surface area contributed by atoms with Gasteiger partial charge in [-0.25, -0.2) is 4.98 Å². The molecule has 14 heavy (non-hydrogen) atoms. The van der Waals surface area contributed by atoms with Crippen LogP contribution in [0.25, 0.3) is 0 Å². The molecule has 1 aromatic heterocycles. The Balaban J connectivity index is 2.17. The summed E-state index contributed by atoms with van der Waals surface area (Å²) in [5, 5.41) is 3.35. The third kappa shape index (κ3) is 1.85. The summed E-state index contributed by atoms with van der Waals surface area (Å²) in [7, 11) is 0. The van der Waals surface area contributed by atoms with E-state index in [1.807, 2.05) is 12.1 Å². The van der Waals surface area contributed by atoms with Crippen LogP contribution in [-0.4, -0.2) is 16.0 Å². The Kier molecular flexibility index (Phi) is 2.63. The number of hydrogen-bond donors (Lipinski definition) is 2. The number of anilines is 1. The number of nitrogens with zero attached hydrogens (tertiary/aromatic N) is 1. The maximum atomic E-state index is 5.60. The van der Waals surface area contributed by atoms with Crippen molar-refractivity contribution in [3.05, 3.63) is 23.9 Å². The van der Waals surface area contributed by atoms with Crippen molar-refractivity contribution in [2.45, 2.75) is 25.3 Å². The van der Waals surface area contributed by atoms with Crippen LogP contribution in [0.4, 0.5) is 5.82 Å². The maximum Gasteiger partial charge on any atom is 0.136 e. The molecule has 0 spiro atoms. The van der Waals surface area contributed by atoms with Crippen LogP contribution in [0.3, 0.4) is 0 Å². The molecule has 0 unspecified atom stereocenters. The van der Waals surface area contributed by atoms with Crippen LogP contribution >= 0.6 is 12.2 Å². The molecule has 74 valence electrons. The van der Waals surface area contributed by atoms with Gasteiger partial charge in [-0.15, -0.1) is 0 Å². The summed E-state index contributed by atoms with van der Waals surface area (Å²) in [6, 6.07) is 4.30. The van der Waals surface area contributed by atoms with Crippen molar-refractivity contribution in [1.82, 2.24) is 4.98 Å². The van der Waals surface area contributed by atoms with E-state index < -0.39 is 0 Å². The molecule has 4 heteroatoms. The first-order chi connectivity index (χ1) is 6.77. The van der Waals surface area contributed by atoms with Gasteiger partial charge >= 0.3 is 0 Å². The summed E-state index contributed by atoms with van der Waals surface area (Å²) < 4.78 is 0. The van der Waals surface area contributed by atoms with Gasteiger partial charge in [0.1, 0.15) is 10.8 Å². The van der Waals surface area contributed by atoms with Gasteiger partial charge in [0.15, 0.2) is 0 Å². The SMILES string of the molecule is NC(=S)c1cccnc1NC1CCC1. The first-order valence-electron chi connectivity index (χ1n) is 4.79. The Morgan fingerprint density at radius 1 is 1.57 bits per heavy atom. The monoisotopic (exact) mass is 207 g/mol. The molecular weight excluding hydrogens is 194 g/mol. The average molecular weight is 207 g/mol. The number of rotatable bonds is 3. The van der Waals surface area contributed by atoms with Gasteiger partial charge in [-0.1, -0.05) is 12.2 Å². The van der Waals surface area contributed by atoms with Gasteiger partial charge in [0, 0.05) is 12.2 Å². The Bertz CT molecular complexity index is 347. The molecule has 0 bridgehead atoms. The van der Waals surface area contributed by atoms with E-state index in [0.29, 0.717) is 11.0 Å². The summed E-state index contributed by atoms with van der Waals surface area (Å²) >= 11 is 4.95. The van der Waals surface area contributed by atoms with E-state index in [-0.39, 0.29) is 0 Å². The third-order valence-electron chi connectivity index (χ3n) is 2.52. The second-order valence-corrected chi connectivity index (χ2v) is 3.98. The average Bonchev–Trinajstić information content (AvgIpc) is 2.12. The molecule has 0 aliphatic heterocycles. The molecule has 2 rings (SSSR count). The predicted octanol–water partition coefficient (Wildman–Crippen LogP) is 1.68. The summed E-state index contributed by atoms with van der Waals surface area (Å²) in [6.07, 6.45) is 5.48. The number of thiocarbonyl (C=S) groups is 1. The first kappa shape index (κ1) is 9.40. The first-order valence-corrected chi connectivity index (χ1v) is 5.19. The molecule has 1 aliphatic rings. The fourth-order valence-electron chi connectivity index (χ4n) is 1.47. The van der Waals surface area contributed by atoms with Crippen molar-refractivity contribution >= 4 is 23.0 Å². The number of nitrogens with one attached hydrogen (secondary N) is 1. The lowest BCUT2D eigenvalue weighted by atomic mass is 9.93. The van der Waals surface area contributed by atoms with E-state index in [9.17, 15) is 0 Å². The predicted molar refractivity (Wildman–Crippen MR) is 61.4 cm³/mol. The lowest BCUT2D eigenvalue weighted by Gasteiger charge is -2.27. The van der Waals surface area contributed by atoms with Crippen LogP contribution in [0.1, 0.15) is 24.8 Å². The van der Waals surface area contributed by atoms with E-state index in [4.69, 9.17) is 18.0 Å². The fourth-order valence-corrected chi connectivity index (χ4v) is 1.63. The van der Waals surface area contributed by atoms with Gasteiger partial charge < -0.3 is 11.1 Å². The largest absolute Gasteiger partial charge is 0.389 e. The molecule has 0 saturated heterocycles. The fraction of sp³-hybridized carbons (Fsp3) is 0.400. The van der Waals surface area contributed by atoms with Gasteiger partial charge in [-0.3, -0.25) is 0 Å².